The van der Waals surface area contributed by atoms with Gasteiger partial charge < -0.3 is 19.5 Å². The van der Waals surface area contributed by atoms with Crippen molar-refractivity contribution in [3.8, 4) is 5.75 Å². The Labute approximate surface area is 195 Å². The number of hydrogen-bond acceptors (Lipinski definition) is 5. The fourth-order valence-corrected chi connectivity index (χ4v) is 4.06. The Hall–Kier alpha value is -3.12. The van der Waals surface area contributed by atoms with Crippen LogP contribution in [0.1, 0.15) is 56.8 Å². The van der Waals surface area contributed by atoms with Gasteiger partial charge in [-0.25, -0.2) is 0 Å². The summed E-state index contributed by atoms with van der Waals surface area (Å²) in [7, 11) is 1.60. The van der Waals surface area contributed by atoms with Gasteiger partial charge in [-0.15, -0.1) is 0 Å². The zero-order valence-electron chi connectivity index (χ0n) is 20.1. The first kappa shape index (κ1) is 24.5. The molecule has 6 heteroatoms. The Morgan fingerprint density at radius 2 is 1.79 bits per heavy atom. The molecule has 0 aromatic heterocycles. The lowest BCUT2D eigenvalue weighted by Gasteiger charge is -2.26. The number of aliphatic hydroxyl groups is 1. The number of rotatable bonds is 8. The molecular formula is C27H33NO5. The van der Waals surface area contributed by atoms with Gasteiger partial charge in [0.1, 0.15) is 11.5 Å². The van der Waals surface area contributed by atoms with E-state index in [4.69, 9.17) is 9.47 Å². The van der Waals surface area contributed by atoms with Gasteiger partial charge in [-0.3, -0.25) is 9.59 Å². The summed E-state index contributed by atoms with van der Waals surface area (Å²) in [5.74, 6) is -0.911. The van der Waals surface area contributed by atoms with Crippen LogP contribution in [-0.2, 0) is 19.7 Å². The van der Waals surface area contributed by atoms with Gasteiger partial charge in [-0.1, -0.05) is 57.2 Å². The fourth-order valence-electron chi connectivity index (χ4n) is 4.06. The third-order valence-corrected chi connectivity index (χ3v) is 5.80. The summed E-state index contributed by atoms with van der Waals surface area (Å²) >= 11 is 0. The van der Waals surface area contributed by atoms with Crippen molar-refractivity contribution in [2.24, 2.45) is 0 Å². The fraction of sp³-hybridized carbons (Fsp3) is 0.407. The van der Waals surface area contributed by atoms with E-state index >= 15 is 0 Å². The van der Waals surface area contributed by atoms with E-state index in [-0.39, 0.29) is 16.7 Å². The molecule has 2 aromatic rings. The van der Waals surface area contributed by atoms with Crippen molar-refractivity contribution in [1.82, 2.24) is 4.90 Å². The van der Waals surface area contributed by atoms with Crippen LogP contribution in [0.25, 0.3) is 5.76 Å². The number of carbonyl (C=O) groups excluding carboxylic acids is 2. The number of benzene rings is 2. The Morgan fingerprint density at radius 1 is 1.09 bits per heavy atom. The number of nitrogens with zero attached hydrogens (tertiary/aromatic N) is 1. The highest BCUT2D eigenvalue weighted by Crippen LogP contribution is 2.40. The van der Waals surface area contributed by atoms with Gasteiger partial charge in [-0.05, 0) is 42.0 Å². The third-order valence-electron chi connectivity index (χ3n) is 5.80. The number of Topliss-reactive ketones (excluding diaryl/α,β-unsaturated/α-hetero) is 1. The van der Waals surface area contributed by atoms with Crippen LogP contribution < -0.4 is 4.74 Å². The van der Waals surface area contributed by atoms with E-state index in [1.165, 1.54) is 4.90 Å². The topological polar surface area (TPSA) is 76.1 Å². The van der Waals surface area contributed by atoms with Crippen LogP contribution >= 0.6 is 0 Å². The zero-order valence-corrected chi connectivity index (χ0v) is 20.1. The average Bonchev–Trinajstić information content (AvgIpc) is 3.04. The lowest BCUT2D eigenvalue weighted by atomic mass is 9.85. The summed E-state index contributed by atoms with van der Waals surface area (Å²) < 4.78 is 10.7. The lowest BCUT2D eigenvalue weighted by molar-refractivity contribution is -0.140. The molecule has 0 saturated carbocycles. The number of ketones is 1. The predicted molar refractivity (Wildman–Crippen MR) is 128 cm³/mol. The van der Waals surface area contributed by atoms with E-state index in [0.717, 1.165) is 11.1 Å². The predicted octanol–water partition coefficient (Wildman–Crippen LogP) is 4.84. The van der Waals surface area contributed by atoms with Gasteiger partial charge in [0.2, 0.25) is 0 Å². The van der Waals surface area contributed by atoms with Gasteiger partial charge in [0, 0.05) is 25.8 Å². The minimum absolute atomic E-state index is 0.0292. The summed E-state index contributed by atoms with van der Waals surface area (Å²) in [6.45, 7) is 9.56. The third kappa shape index (κ3) is 5.28. The molecule has 1 unspecified atom stereocenters. The first-order valence-corrected chi connectivity index (χ1v) is 11.3. The maximum absolute atomic E-state index is 13.1. The van der Waals surface area contributed by atoms with Crippen molar-refractivity contribution < 1.29 is 24.2 Å². The lowest BCUT2D eigenvalue weighted by Crippen LogP contribution is -2.31. The number of amides is 1. The summed E-state index contributed by atoms with van der Waals surface area (Å²) in [5.41, 5.74) is 2.43. The molecule has 1 aliphatic heterocycles. The highest BCUT2D eigenvalue weighted by molar-refractivity contribution is 6.46. The molecule has 3 rings (SSSR count). The summed E-state index contributed by atoms with van der Waals surface area (Å²) in [6, 6.07) is 14.1. The van der Waals surface area contributed by atoms with Crippen LogP contribution in [0.5, 0.6) is 5.75 Å². The Kier molecular flexibility index (Phi) is 7.59. The second-order valence-corrected chi connectivity index (χ2v) is 9.17. The summed E-state index contributed by atoms with van der Waals surface area (Å²) in [4.78, 5) is 27.6. The maximum atomic E-state index is 13.1. The van der Waals surface area contributed by atoms with Crippen LogP contribution in [0.15, 0.2) is 54.1 Å². The SMILES string of the molecule is CCOc1cccc(/C(O)=C2/C(=O)C(=O)N(CCCOC)C2c2ccc(C(C)(C)C)cc2)c1. The summed E-state index contributed by atoms with van der Waals surface area (Å²) in [6.07, 6.45) is 0.583. The van der Waals surface area contributed by atoms with E-state index in [1.807, 2.05) is 31.2 Å². The molecule has 2 aromatic carbocycles. The van der Waals surface area contributed by atoms with Gasteiger partial charge in [-0.2, -0.15) is 0 Å². The normalized spacial score (nSPS) is 18.1. The van der Waals surface area contributed by atoms with Gasteiger partial charge >= 0.3 is 0 Å². The number of hydrogen-bond donors (Lipinski definition) is 1. The zero-order chi connectivity index (χ0) is 24.2. The number of likely N-dealkylation sites (tertiary alicyclic amines) is 1. The first-order valence-electron chi connectivity index (χ1n) is 11.3. The molecule has 1 saturated heterocycles. The van der Waals surface area contributed by atoms with Crippen molar-refractivity contribution in [1.29, 1.82) is 0 Å². The van der Waals surface area contributed by atoms with Crippen molar-refractivity contribution in [3.63, 3.8) is 0 Å². The van der Waals surface area contributed by atoms with Crippen molar-refractivity contribution in [2.75, 3.05) is 26.9 Å². The van der Waals surface area contributed by atoms with E-state index in [9.17, 15) is 14.7 Å². The monoisotopic (exact) mass is 451 g/mol. The Balaban J connectivity index is 2.11. The van der Waals surface area contributed by atoms with Gasteiger partial charge in [0.15, 0.2) is 0 Å². The highest BCUT2D eigenvalue weighted by atomic mass is 16.5. The van der Waals surface area contributed by atoms with Crippen LogP contribution in [0.3, 0.4) is 0 Å². The minimum Gasteiger partial charge on any atom is -0.507 e. The van der Waals surface area contributed by atoms with E-state index in [2.05, 4.69) is 20.8 Å². The van der Waals surface area contributed by atoms with Crippen molar-refractivity contribution >= 4 is 17.4 Å². The second-order valence-electron chi connectivity index (χ2n) is 9.17. The molecule has 176 valence electrons. The van der Waals surface area contributed by atoms with Crippen molar-refractivity contribution in [3.05, 3.63) is 70.8 Å². The molecule has 1 N–H and O–H groups in total. The van der Waals surface area contributed by atoms with E-state index < -0.39 is 17.7 Å². The molecule has 0 spiro atoms. The minimum atomic E-state index is -0.684. The van der Waals surface area contributed by atoms with Crippen LogP contribution in [0.2, 0.25) is 0 Å². The van der Waals surface area contributed by atoms with E-state index in [1.54, 1.807) is 31.4 Å². The average molecular weight is 452 g/mol. The standard InChI is InChI=1S/C27H33NO5/c1-6-33-21-10-7-9-19(17-21)24(29)22-23(18-11-13-20(14-12-18)27(2,3)4)28(15-8-16-32-5)26(31)25(22)30/h7,9-14,17,23,29H,6,8,15-16H2,1-5H3/b24-22-. The van der Waals surface area contributed by atoms with Crippen molar-refractivity contribution in [2.45, 2.75) is 45.6 Å². The summed E-state index contributed by atoms with van der Waals surface area (Å²) in [5, 5.41) is 11.2. The molecule has 0 aliphatic carbocycles. The molecule has 1 atom stereocenters. The number of ether oxygens (including phenoxy) is 2. The van der Waals surface area contributed by atoms with Gasteiger partial charge in [0.25, 0.3) is 11.7 Å². The van der Waals surface area contributed by atoms with Crippen LogP contribution in [0, 0.1) is 0 Å². The number of carbonyl (C=O) groups is 2. The largest absolute Gasteiger partial charge is 0.507 e. The first-order chi connectivity index (χ1) is 15.7. The molecule has 1 amide bonds. The molecule has 1 aliphatic rings. The molecule has 33 heavy (non-hydrogen) atoms. The highest BCUT2D eigenvalue weighted by Gasteiger charge is 2.45. The molecule has 0 bridgehead atoms. The quantitative estimate of drug-likeness (QED) is 0.269. The molecule has 0 radical (unpaired) electrons. The molecular weight excluding hydrogens is 418 g/mol. The Bertz CT molecular complexity index is 1030. The number of aliphatic hydroxyl groups excluding tert-OH is 1. The second kappa shape index (κ2) is 10.2. The number of methoxy groups -OCH3 is 1. The maximum Gasteiger partial charge on any atom is 0.295 e. The van der Waals surface area contributed by atoms with Crippen LogP contribution in [-0.4, -0.2) is 48.6 Å². The smallest absolute Gasteiger partial charge is 0.295 e. The Morgan fingerprint density at radius 3 is 2.39 bits per heavy atom. The molecule has 1 fully saturated rings. The van der Waals surface area contributed by atoms with E-state index in [0.29, 0.717) is 37.5 Å². The molecule has 6 nitrogen and oxygen atoms in total. The van der Waals surface area contributed by atoms with Gasteiger partial charge in [0.05, 0.1) is 18.2 Å². The van der Waals surface area contributed by atoms with Crippen LogP contribution in [0.4, 0.5) is 0 Å². The molecule has 1 heterocycles.